The molecule has 0 unspecified atom stereocenters. The Morgan fingerprint density at radius 2 is 2.00 bits per heavy atom. The van der Waals surface area contributed by atoms with E-state index in [9.17, 15) is 4.39 Å². The van der Waals surface area contributed by atoms with Crippen LogP contribution in [0.1, 0.15) is 22.9 Å². The van der Waals surface area contributed by atoms with Crippen molar-refractivity contribution in [1.82, 2.24) is 14.9 Å². The average Bonchev–Trinajstić information content (AvgIpc) is 2.72. The van der Waals surface area contributed by atoms with Gasteiger partial charge in [0.25, 0.3) is 0 Å². The number of halogens is 1. The molecule has 1 saturated heterocycles. The van der Waals surface area contributed by atoms with E-state index in [2.05, 4.69) is 51.4 Å². The molecule has 144 valence electrons. The summed E-state index contributed by atoms with van der Waals surface area (Å²) in [5.74, 6) is 0.220. The number of rotatable bonds is 5. The third kappa shape index (κ3) is 4.52. The van der Waals surface area contributed by atoms with Gasteiger partial charge >= 0.3 is 0 Å². The van der Waals surface area contributed by atoms with Gasteiger partial charge in [0, 0.05) is 19.6 Å². The molecular weight excluding hydrogens is 355 g/mol. The lowest BCUT2D eigenvalue weighted by Gasteiger charge is -2.33. The van der Waals surface area contributed by atoms with Gasteiger partial charge in [-0.25, -0.2) is 9.37 Å². The quantitative estimate of drug-likeness (QED) is 0.720. The molecule has 28 heavy (non-hydrogen) atoms. The molecule has 5 nitrogen and oxygen atoms in total. The van der Waals surface area contributed by atoms with Crippen LogP contribution >= 0.6 is 0 Å². The van der Waals surface area contributed by atoms with E-state index in [1.54, 1.807) is 12.3 Å². The number of aryl methyl sites for hydroxylation is 1. The number of ether oxygens (including phenoxy) is 1. The topological polar surface area (TPSA) is 50.3 Å². The van der Waals surface area contributed by atoms with E-state index < -0.39 is 0 Å². The number of nitrogens with zero attached hydrogens (tertiary/aromatic N) is 3. The van der Waals surface area contributed by atoms with Gasteiger partial charge in [0.1, 0.15) is 17.7 Å². The molecule has 0 aliphatic carbocycles. The van der Waals surface area contributed by atoms with Crippen LogP contribution in [0.3, 0.4) is 0 Å². The second-order valence-corrected chi connectivity index (χ2v) is 6.98. The molecule has 3 aromatic rings. The molecule has 0 spiro atoms. The van der Waals surface area contributed by atoms with E-state index in [1.807, 2.05) is 12.1 Å². The zero-order valence-corrected chi connectivity index (χ0v) is 15.8. The summed E-state index contributed by atoms with van der Waals surface area (Å²) in [6.45, 7) is 5.49. The van der Waals surface area contributed by atoms with Gasteiger partial charge in [0.05, 0.1) is 30.4 Å². The third-order valence-electron chi connectivity index (χ3n) is 4.92. The molecule has 0 amide bonds. The highest BCUT2D eigenvalue weighted by Crippen LogP contribution is 2.24. The summed E-state index contributed by atoms with van der Waals surface area (Å²) >= 11 is 0. The number of morpholine rings is 1. The van der Waals surface area contributed by atoms with E-state index in [0.29, 0.717) is 12.4 Å². The fourth-order valence-corrected chi connectivity index (χ4v) is 3.32. The number of hydrogen-bond acceptors (Lipinski definition) is 5. The van der Waals surface area contributed by atoms with Gasteiger partial charge in [-0.3, -0.25) is 9.88 Å². The predicted octanol–water partition coefficient (Wildman–Crippen LogP) is 4.24. The van der Waals surface area contributed by atoms with Crippen molar-refractivity contribution in [2.45, 2.75) is 19.6 Å². The first kappa shape index (κ1) is 18.5. The zero-order chi connectivity index (χ0) is 19.3. The largest absolute Gasteiger partial charge is 0.369 e. The highest BCUT2D eigenvalue weighted by atomic mass is 19.1. The summed E-state index contributed by atoms with van der Waals surface area (Å²) in [5, 5.41) is 3.12. The van der Waals surface area contributed by atoms with Crippen molar-refractivity contribution in [3.63, 3.8) is 0 Å². The molecule has 1 aliphatic heterocycles. The fraction of sp³-hybridized carbons (Fsp3) is 0.273. The SMILES string of the molecule is Cc1ccccc1CN1CCO[C@H](c2ccc(Nc3ccc(F)cn3)cn2)C1. The predicted molar refractivity (Wildman–Crippen MR) is 107 cm³/mol. The van der Waals surface area contributed by atoms with Crippen LogP contribution in [0.5, 0.6) is 0 Å². The van der Waals surface area contributed by atoms with E-state index in [4.69, 9.17) is 4.74 Å². The third-order valence-corrected chi connectivity index (χ3v) is 4.92. The molecule has 1 fully saturated rings. The van der Waals surface area contributed by atoms with Gasteiger partial charge in [-0.05, 0) is 42.3 Å². The normalized spacial score (nSPS) is 17.4. The summed E-state index contributed by atoms with van der Waals surface area (Å²) in [4.78, 5) is 11.0. The molecular formula is C22H23FN4O. The minimum atomic E-state index is -0.358. The number of hydrogen-bond donors (Lipinski definition) is 1. The van der Waals surface area contributed by atoms with Crippen molar-refractivity contribution >= 4 is 11.5 Å². The van der Waals surface area contributed by atoms with Crippen molar-refractivity contribution in [3.8, 4) is 0 Å². The van der Waals surface area contributed by atoms with E-state index in [0.717, 1.165) is 31.0 Å². The molecule has 0 saturated carbocycles. The molecule has 0 bridgehead atoms. The van der Waals surface area contributed by atoms with Crippen LogP contribution in [0.4, 0.5) is 15.9 Å². The summed E-state index contributed by atoms with van der Waals surface area (Å²) in [6.07, 6.45) is 2.89. The van der Waals surface area contributed by atoms with Gasteiger partial charge in [0.15, 0.2) is 0 Å². The van der Waals surface area contributed by atoms with Gasteiger partial charge in [0.2, 0.25) is 0 Å². The molecule has 4 rings (SSSR count). The highest BCUT2D eigenvalue weighted by Gasteiger charge is 2.23. The van der Waals surface area contributed by atoms with Crippen molar-refractivity contribution in [2.75, 3.05) is 25.0 Å². The Bertz CT molecular complexity index is 915. The van der Waals surface area contributed by atoms with Gasteiger partial charge in [-0.1, -0.05) is 24.3 Å². The lowest BCUT2D eigenvalue weighted by molar-refractivity contribution is -0.0350. The number of pyridine rings is 2. The summed E-state index contributed by atoms with van der Waals surface area (Å²) in [5.41, 5.74) is 4.37. The molecule has 1 N–H and O–H groups in total. The Morgan fingerprint density at radius 3 is 2.75 bits per heavy atom. The first-order valence-electron chi connectivity index (χ1n) is 9.40. The van der Waals surface area contributed by atoms with E-state index in [-0.39, 0.29) is 11.9 Å². The number of aromatic nitrogens is 2. The Hall–Kier alpha value is -2.83. The maximum absolute atomic E-state index is 13.0. The van der Waals surface area contributed by atoms with Gasteiger partial charge in [-0.2, -0.15) is 0 Å². The maximum atomic E-state index is 13.0. The summed E-state index contributed by atoms with van der Waals surface area (Å²) in [6, 6.07) is 15.4. The van der Waals surface area contributed by atoms with E-state index in [1.165, 1.54) is 23.4 Å². The van der Waals surface area contributed by atoms with Crippen molar-refractivity contribution in [1.29, 1.82) is 0 Å². The Morgan fingerprint density at radius 1 is 1.11 bits per heavy atom. The molecule has 1 aromatic carbocycles. The maximum Gasteiger partial charge on any atom is 0.141 e. The highest BCUT2D eigenvalue weighted by molar-refractivity contribution is 5.54. The summed E-state index contributed by atoms with van der Waals surface area (Å²) in [7, 11) is 0. The van der Waals surface area contributed by atoms with E-state index >= 15 is 0 Å². The average molecular weight is 378 g/mol. The zero-order valence-electron chi connectivity index (χ0n) is 15.8. The Balaban J connectivity index is 1.39. The van der Waals surface area contributed by atoms with Crippen LogP contribution in [-0.4, -0.2) is 34.6 Å². The lowest BCUT2D eigenvalue weighted by Crippen LogP contribution is -2.38. The molecule has 1 aliphatic rings. The van der Waals surface area contributed by atoms with Crippen LogP contribution in [0.25, 0.3) is 0 Å². The standard InChI is InChI=1S/C22H23FN4O/c1-16-4-2-3-5-17(16)14-27-10-11-28-21(15-27)20-8-7-19(13-24-20)26-22-9-6-18(23)12-25-22/h2-9,12-13,21H,10-11,14-15H2,1H3,(H,25,26)/t21-/m0/s1. The molecule has 3 heterocycles. The molecule has 0 radical (unpaired) electrons. The second kappa shape index (κ2) is 8.46. The van der Waals surface area contributed by atoms with Gasteiger partial charge in [-0.15, -0.1) is 0 Å². The Kier molecular flexibility index (Phi) is 5.60. The number of anilines is 2. The van der Waals surface area contributed by atoms with Crippen molar-refractivity contribution in [3.05, 3.63) is 83.6 Å². The first-order valence-corrected chi connectivity index (χ1v) is 9.40. The van der Waals surface area contributed by atoms with Crippen LogP contribution in [0, 0.1) is 12.7 Å². The van der Waals surface area contributed by atoms with Crippen LogP contribution in [-0.2, 0) is 11.3 Å². The molecule has 6 heteroatoms. The van der Waals surface area contributed by atoms with Crippen molar-refractivity contribution < 1.29 is 9.13 Å². The monoisotopic (exact) mass is 378 g/mol. The Labute approximate surface area is 164 Å². The summed E-state index contributed by atoms with van der Waals surface area (Å²) < 4.78 is 18.9. The van der Waals surface area contributed by atoms with Crippen LogP contribution in [0.15, 0.2) is 60.9 Å². The molecule has 2 aromatic heterocycles. The van der Waals surface area contributed by atoms with Crippen LogP contribution < -0.4 is 5.32 Å². The first-order chi connectivity index (χ1) is 13.7. The minimum absolute atomic E-state index is 0.0456. The van der Waals surface area contributed by atoms with Crippen molar-refractivity contribution in [2.24, 2.45) is 0 Å². The fourth-order valence-electron chi connectivity index (χ4n) is 3.32. The minimum Gasteiger partial charge on any atom is -0.369 e. The smallest absolute Gasteiger partial charge is 0.141 e. The number of nitrogens with one attached hydrogen (secondary N) is 1. The lowest BCUT2D eigenvalue weighted by atomic mass is 10.1. The molecule has 1 atom stereocenters. The van der Waals surface area contributed by atoms with Gasteiger partial charge < -0.3 is 10.1 Å². The van der Waals surface area contributed by atoms with Crippen LogP contribution in [0.2, 0.25) is 0 Å². The number of benzene rings is 1. The second-order valence-electron chi connectivity index (χ2n) is 6.98.